The second kappa shape index (κ2) is 6.34. The summed E-state index contributed by atoms with van der Waals surface area (Å²) in [5.74, 6) is 0.144. The van der Waals surface area contributed by atoms with Crippen LogP contribution in [0.2, 0.25) is 0 Å². The Labute approximate surface area is 127 Å². The minimum atomic E-state index is -0.347. The minimum Gasteiger partial charge on any atom is -0.375 e. The average molecular weight is 296 g/mol. The van der Waals surface area contributed by atoms with Crippen molar-refractivity contribution in [3.05, 3.63) is 0 Å². The molecule has 120 valence electrons. The average Bonchev–Trinajstić information content (AvgIpc) is 2.48. The van der Waals surface area contributed by atoms with Crippen molar-refractivity contribution in [2.24, 2.45) is 5.92 Å². The molecule has 2 amide bonds. The van der Waals surface area contributed by atoms with Crippen molar-refractivity contribution in [3.63, 3.8) is 0 Å². The van der Waals surface area contributed by atoms with Gasteiger partial charge in [0.25, 0.3) is 0 Å². The van der Waals surface area contributed by atoms with Crippen LogP contribution >= 0.6 is 0 Å². The highest BCUT2D eigenvalue weighted by Gasteiger charge is 2.44. The highest BCUT2D eigenvalue weighted by molar-refractivity contribution is 5.95. The maximum absolute atomic E-state index is 12.4. The van der Waals surface area contributed by atoms with E-state index < -0.39 is 0 Å². The molecule has 2 saturated heterocycles. The Morgan fingerprint density at radius 2 is 2.00 bits per heavy atom. The molecule has 0 aliphatic carbocycles. The molecular formula is C16H28N2O3. The molecular weight excluding hydrogens is 268 g/mol. The molecule has 2 fully saturated rings. The van der Waals surface area contributed by atoms with Gasteiger partial charge in [-0.3, -0.25) is 9.59 Å². The normalized spacial score (nSPS) is 29.7. The fourth-order valence-electron chi connectivity index (χ4n) is 3.68. The smallest absolute Gasteiger partial charge is 0.243 e. The van der Waals surface area contributed by atoms with Gasteiger partial charge in [-0.15, -0.1) is 0 Å². The van der Waals surface area contributed by atoms with Crippen LogP contribution in [0.4, 0.5) is 0 Å². The van der Waals surface area contributed by atoms with Gasteiger partial charge in [0.2, 0.25) is 11.8 Å². The molecule has 5 nitrogen and oxygen atoms in total. The third-order valence-corrected chi connectivity index (χ3v) is 5.05. The number of ether oxygens (including phenoxy) is 1. The number of carbonyl (C=O) groups excluding carboxylic acids is 2. The third kappa shape index (κ3) is 3.07. The lowest BCUT2D eigenvalue weighted by Gasteiger charge is -2.48. The van der Waals surface area contributed by atoms with Crippen LogP contribution in [-0.2, 0) is 14.3 Å². The molecule has 0 aromatic heterocycles. The van der Waals surface area contributed by atoms with Crippen LogP contribution in [0, 0.1) is 5.92 Å². The summed E-state index contributed by atoms with van der Waals surface area (Å²) < 4.78 is 6.00. The highest BCUT2D eigenvalue weighted by atomic mass is 16.5. The van der Waals surface area contributed by atoms with Gasteiger partial charge in [0, 0.05) is 12.6 Å². The Morgan fingerprint density at radius 3 is 2.57 bits per heavy atom. The predicted molar refractivity (Wildman–Crippen MR) is 80.8 cm³/mol. The first-order valence-corrected chi connectivity index (χ1v) is 8.17. The van der Waals surface area contributed by atoms with Gasteiger partial charge in [-0.1, -0.05) is 27.7 Å². The summed E-state index contributed by atoms with van der Waals surface area (Å²) >= 11 is 0. The molecule has 0 saturated carbocycles. The Kier molecular flexibility index (Phi) is 4.91. The molecule has 2 aliphatic rings. The Balaban J connectivity index is 2.24. The summed E-state index contributed by atoms with van der Waals surface area (Å²) in [5.41, 5.74) is -0.140. The van der Waals surface area contributed by atoms with E-state index in [2.05, 4.69) is 19.2 Å². The molecule has 2 aliphatic heterocycles. The van der Waals surface area contributed by atoms with E-state index in [1.807, 2.05) is 18.7 Å². The van der Waals surface area contributed by atoms with Crippen molar-refractivity contribution < 1.29 is 14.3 Å². The number of nitrogens with zero attached hydrogens (tertiary/aromatic N) is 1. The number of piperazine rings is 1. The standard InChI is InChI=1S/C16H28N2O3/c1-5-16(6-2)9-12(7-8-21-16)18-13(19)10-17-15(20)14(18)11(3)4/h11-12,14H,5-10H2,1-4H3,(H,17,20). The van der Waals surface area contributed by atoms with Crippen LogP contribution in [0.15, 0.2) is 0 Å². The number of hydrogen-bond acceptors (Lipinski definition) is 3. The van der Waals surface area contributed by atoms with Crippen molar-refractivity contribution in [2.45, 2.75) is 71.1 Å². The topological polar surface area (TPSA) is 58.6 Å². The van der Waals surface area contributed by atoms with Gasteiger partial charge in [-0.25, -0.2) is 0 Å². The molecule has 2 unspecified atom stereocenters. The van der Waals surface area contributed by atoms with Crippen molar-refractivity contribution in [3.8, 4) is 0 Å². The van der Waals surface area contributed by atoms with Crippen LogP contribution < -0.4 is 5.32 Å². The molecule has 5 heteroatoms. The van der Waals surface area contributed by atoms with Gasteiger partial charge in [0.15, 0.2) is 0 Å². The van der Waals surface area contributed by atoms with E-state index in [4.69, 9.17) is 4.74 Å². The van der Waals surface area contributed by atoms with Gasteiger partial charge >= 0.3 is 0 Å². The van der Waals surface area contributed by atoms with E-state index in [1.165, 1.54) is 0 Å². The van der Waals surface area contributed by atoms with Gasteiger partial charge in [0.1, 0.15) is 6.04 Å². The largest absolute Gasteiger partial charge is 0.375 e. The predicted octanol–water partition coefficient (Wildman–Crippen LogP) is 1.71. The molecule has 0 aromatic rings. The van der Waals surface area contributed by atoms with Crippen LogP contribution in [0.25, 0.3) is 0 Å². The number of nitrogens with one attached hydrogen (secondary N) is 1. The first-order chi connectivity index (χ1) is 9.94. The summed E-state index contributed by atoms with van der Waals surface area (Å²) in [4.78, 5) is 26.5. The summed E-state index contributed by atoms with van der Waals surface area (Å²) in [6.45, 7) is 9.07. The summed E-state index contributed by atoms with van der Waals surface area (Å²) in [6, 6.07) is -0.231. The zero-order valence-corrected chi connectivity index (χ0v) is 13.6. The molecule has 21 heavy (non-hydrogen) atoms. The van der Waals surface area contributed by atoms with Crippen molar-refractivity contribution >= 4 is 11.8 Å². The second-order valence-corrected chi connectivity index (χ2v) is 6.59. The van der Waals surface area contributed by atoms with E-state index in [0.29, 0.717) is 6.61 Å². The van der Waals surface area contributed by atoms with E-state index >= 15 is 0 Å². The van der Waals surface area contributed by atoms with E-state index in [9.17, 15) is 9.59 Å². The molecule has 2 rings (SSSR count). The molecule has 0 spiro atoms. The van der Waals surface area contributed by atoms with Gasteiger partial charge in [-0.05, 0) is 31.6 Å². The maximum atomic E-state index is 12.4. The van der Waals surface area contributed by atoms with Gasteiger partial charge in [-0.2, -0.15) is 0 Å². The SMILES string of the molecule is CCC1(CC)CC(N2C(=O)CNC(=O)C2C(C)C)CCO1. The molecule has 2 heterocycles. The van der Waals surface area contributed by atoms with E-state index in [0.717, 1.165) is 25.7 Å². The zero-order valence-electron chi connectivity index (χ0n) is 13.6. The molecule has 0 aromatic carbocycles. The highest BCUT2D eigenvalue weighted by Crippen LogP contribution is 2.35. The van der Waals surface area contributed by atoms with Crippen molar-refractivity contribution in [2.75, 3.05) is 13.2 Å². The number of hydrogen-bond donors (Lipinski definition) is 1. The lowest BCUT2D eigenvalue weighted by Crippen LogP contribution is -2.65. The number of carbonyl (C=O) groups is 2. The lowest BCUT2D eigenvalue weighted by atomic mass is 9.83. The molecule has 2 atom stereocenters. The van der Waals surface area contributed by atoms with Crippen molar-refractivity contribution in [1.29, 1.82) is 0 Å². The van der Waals surface area contributed by atoms with Crippen molar-refractivity contribution in [1.82, 2.24) is 10.2 Å². The van der Waals surface area contributed by atoms with E-state index in [1.54, 1.807) is 0 Å². The molecule has 0 radical (unpaired) electrons. The molecule has 1 N–H and O–H groups in total. The van der Waals surface area contributed by atoms with Crippen LogP contribution in [-0.4, -0.2) is 47.6 Å². The molecule has 0 bridgehead atoms. The van der Waals surface area contributed by atoms with Crippen LogP contribution in [0.1, 0.15) is 53.4 Å². The Bertz CT molecular complexity index is 404. The third-order valence-electron chi connectivity index (χ3n) is 5.05. The van der Waals surface area contributed by atoms with E-state index in [-0.39, 0.29) is 42.0 Å². The zero-order chi connectivity index (χ0) is 15.6. The number of amides is 2. The summed E-state index contributed by atoms with van der Waals surface area (Å²) in [6.07, 6.45) is 3.55. The maximum Gasteiger partial charge on any atom is 0.243 e. The first-order valence-electron chi connectivity index (χ1n) is 8.17. The van der Waals surface area contributed by atoms with Crippen LogP contribution in [0.5, 0.6) is 0 Å². The second-order valence-electron chi connectivity index (χ2n) is 6.59. The summed E-state index contributed by atoms with van der Waals surface area (Å²) in [5, 5.41) is 2.72. The quantitative estimate of drug-likeness (QED) is 0.859. The van der Waals surface area contributed by atoms with Gasteiger partial charge < -0.3 is 15.0 Å². The minimum absolute atomic E-state index is 0.0188. The monoisotopic (exact) mass is 296 g/mol. The summed E-state index contributed by atoms with van der Waals surface area (Å²) in [7, 11) is 0. The first kappa shape index (κ1) is 16.3. The fraction of sp³-hybridized carbons (Fsp3) is 0.875. The lowest BCUT2D eigenvalue weighted by molar-refractivity contribution is -0.160. The Morgan fingerprint density at radius 1 is 1.33 bits per heavy atom. The number of rotatable bonds is 4. The van der Waals surface area contributed by atoms with Gasteiger partial charge in [0.05, 0.1) is 12.1 Å². The fourth-order valence-corrected chi connectivity index (χ4v) is 3.68. The van der Waals surface area contributed by atoms with Crippen LogP contribution in [0.3, 0.4) is 0 Å². The Hall–Kier alpha value is -1.10.